The van der Waals surface area contributed by atoms with E-state index in [-0.39, 0.29) is 28.7 Å². The van der Waals surface area contributed by atoms with Crippen LogP contribution >= 0.6 is 11.6 Å². The minimum absolute atomic E-state index is 0.0464. The monoisotopic (exact) mass is 387 g/mol. The van der Waals surface area contributed by atoms with Gasteiger partial charge in [-0.25, -0.2) is 0 Å². The number of Topliss-reactive ketones (excluding diaryl/α,β-unsaturated/α-hetero) is 1. The summed E-state index contributed by atoms with van der Waals surface area (Å²) in [6, 6.07) is 8.74. The lowest BCUT2D eigenvalue weighted by atomic mass is 10.0. The zero-order chi connectivity index (χ0) is 19.7. The number of non-ortho nitro benzene ring substituents is 1. The lowest BCUT2D eigenvalue weighted by Crippen LogP contribution is -2.17. The van der Waals surface area contributed by atoms with E-state index in [1.807, 2.05) is 0 Å². The molecular formula is C19H14ClNO6. The maximum atomic E-state index is 12.6. The zero-order valence-electron chi connectivity index (χ0n) is 14.4. The number of hydrogen-bond acceptors (Lipinski definition) is 6. The molecule has 27 heavy (non-hydrogen) atoms. The molecule has 1 heterocycles. The molecule has 3 rings (SSSR count). The van der Waals surface area contributed by atoms with E-state index < -0.39 is 16.3 Å². The summed E-state index contributed by atoms with van der Waals surface area (Å²) in [5.74, 6) is -0.339. The summed E-state index contributed by atoms with van der Waals surface area (Å²) >= 11 is 5.69. The molecule has 8 heteroatoms. The molecule has 0 fully saturated rings. The van der Waals surface area contributed by atoms with Gasteiger partial charge in [-0.2, -0.15) is 0 Å². The molecule has 138 valence electrons. The highest BCUT2D eigenvalue weighted by molar-refractivity contribution is 6.29. The second-order valence-electron chi connectivity index (χ2n) is 5.94. The highest BCUT2D eigenvalue weighted by Crippen LogP contribution is 2.37. The second-order valence-corrected chi connectivity index (χ2v) is 6.59. The largest absolute Gasteiger partial charge is 0.452 e. The van der Waals surface area contributed by atoms with Crippen molar-refractivity contribution in [1.29, 1.82) is 0 Å². The second kappa shape index (κ2) is 7.20. The predicted octanol–water partition coefficient (Wildman–Crippen LogP) is 4.05. The van der Waals surface area contributed by atoms with Gasteiger partial charge in [0.2, 0.25) is 5.78 Å². The predicted molar refractivity (Wildman–Crippen MR) is 98.2 cm³/mol. The number of ketones is 1. The number of carbonyl (C=O) groups excluding carboxylic acids is 2. The molecule has 1 aliphatic rings. The third-order valence-corrected chi connectivity index (χ3v) is 4.07. The first kappa shape index (κ1) is 18.6. The number of benzene rings is 2. The van der Waals surface area contributed by atoms with Crippen LogP contribution in [0.15, 0.2) is 42.2 Å². The third-order valence-electron chi connectivity index (χ3n) is 3.89. The van der Waals surface area contributed by atoms with Crippen LogP contribution < -0.4 is 9.47 Å². The molecule has 0 saturated carbocycles. The lowest BCUT2D eigenvalue weighted by Gasteiger charge is -2.08. The average molecular weight is 388 g/mol. The van der Waals surface area contributed by atoms with Crippen LogP contribution in [0, 0.1) is 17.0 Å². The Hall–Kier alpha value is -3.19. The summed E-state index contributed by atoms with van der Waals surface area (Å²) in [7, 11) is 0. The highest BCUT2D eigenvalue weighted by Gasteiger charge is 2.30. The van der Waals surface area contributed by atoms with Crippen molar-refractivity contribution < 1.29 is 24.0 Å². The smallest absolute Gasteiger partial charge is 0.329 e. The molecule has 0 aromatic heterocycles. The number of ether oxygens (including phenoxy) is 2. The lowest BCUT2D eigenvalue weighted by molar-refractivity contribution is -0.384. The fraction of sp³-hybridized carbons (Fsp3) is 0.158. The van der Waals surface area contributed by atoms with E-state index in [4.69, 9.17) is 21.1 Å². The first-order valence-corrected chi connectivity index (χ1v) is 8.39. The summed E-state index contributed by atoms with van der Waals surface area (Å²) in [5.41, 5.74) is 1.50. The minimum atomic E-state index is -0.807. The standard InChI is InChI=1S/C19H14ClNO6/c1-10-7-14(26-19(23)11(2)20)9-15-17(10)18(22)16(27-15)8-12-3-5-13(6-4-12)21(24)25/h3-9,11H,1-2H3/b16-8-. The molecule has 0 spiro atoms. The average Bonchev–Trinajstić information content (AvgIpc) is 2.91. The van der Waals surface area contributed by atoms with E-state index in [9.17, 15) is 19.7 Å². The van der Waals surface area contributed by atoms with Gasteiger partial charge in [-0.15, -0.1) is 11.6 Å². The van der Waals surface area contributed by atoms with Gasteiger partial charge in [0.05, 0.1) is 10.5 Å². The first-order valence-electron chi connectivity index (χ1n) is 7.95. The van der Waals surface area contributed by atoms with Crippen molar-refractivity contribution in [3.63, 3.8) is 0 Å². The van der Waals surface area contributed by atoms with Gasteiger partial charge in [0.1, 0.15) is 16.9 Å². The Morgan fingerprint density at radius 2 is 1.96 bits per heavy atom. The number of rotatable bonds is 4. The van der Waals surface area contributed by atoms with Gasteiger partial charge in [-0.1, -0.05) is 0 Å². The Kier molecular flexibility index (Phi) is 4.96. The van der Waals surface area contributed by atoms with Gasteiger partial charge in [0.15, 0.2) is 5.76 Å². The zero-order valence-corrected chi connectivity index (χ0v) is 15.1. The van der Waals surface area contributed by atoms with Crippen LogP contribution in [-0.2, 0) is 4.79 Å². The normalized spacial score (nSPS) is 15.2. The molecule has 0 saturated heterocycles. The van der Waals surface area contributed by atoms with Gasteiger partial charge < -0.3 is 9.47 Å². The number of halogens is 1. The van der Waals surface area contributed by atoms with Crippen molar-refractivity contribution >= 4 is 35.1 Å². The fourth-order valence-corrected chi connectivity index (χ4v) is 2.62. The van der Waals surface area contributed by atoms with E-state index in [0.717, 1.165) is 0 Å². The Bertz CT molecular complexity index is 978. The number of aryl methyl sites for hydroxylation is 1. The first-order chi connectivity index (χ1) is 12.8. The molecule has 0 amide bonds. The van der Waals surface area contributed by atoms with Crippen LogP contribution in [-0.4, -0.2) is 22.1 Å². The number of nitrogens with zero attached hydrogens (tertiary/aromatic N) is 1. The number of nitro benzene ring substituents is 1. The minimum Gasteiger partial charge on any atom is -0.452 e. The summed E-state index contributed by atoms with van der Waals surface area (Å²) in [6.45, 7) is 3.20. The summed E-state index contributed by atoms with van der Waals surface area (Å²) < 4.78 is 10.8. The molecule has 0 radical (unpaired) electrons. The van der Waals surface area contributed by atoms with E-state index in [2.05, 4.69) is 0 Å². The van der Waals surface area contributed by atoms with Crippen molar-refractivity contribution in [2.75, 3.05) is 0 Å². The molecule has 0 N–H and O–H groups in total. The molecule has 1 unspecified atom stereocenters. The van der Waals surface area contributed by atoms with Crippen LogP contribution in [0.3, 0.4) is 0 Å². The van der Waals surface area contributed by atoms with E-state index >= 15 is 0 Å². The van der Waals surface area contributed by atoms with E-state index in [0.29, 0.717) is 16.7 Å². The van der Waals surface area contributed by atoms with Crippen LogP contribution in [0.4, 0.5) is 5.69 Å². The van der Waals surface area contributed by atoms with E-state index in [1.54, 1.807) is 13.0 Å². The van der Waals surface area contributed by atoms with Crippen molar-refractivity contribution in [3.05, 3.63) is 69.0 Å². The number of carbonyl (C=O) groups is 2. The number of hydrogen-bond donors (Lipinski definition) is 0. The summed E-state index contributed by atoms with van der Waals surface area (Å²) in [4.78, 5) is 34.5. The van der Waals surface area contributed by atoms with E-state index in [1.165, 1.54) is 43.3 Å². The number of allylic oxidation sites excluding steroid dienone is 1. The van der Waals surface area contributed by atoms with Crippen molar-refractivity contribution in [3.8, 4) is 11.5 Å². The molecule has 2 aromatic rings. The maximum Gasteiger partial charge on any atom is 0.329 e. The molecule has 1 atom stereocenters. The molecule has 2 aromatic carbocycles. The SMILES string of the molecule is Cc1cc(OC(=O)C(C)Cl)cc2c1C(=O)/C(=C/c1ccc([N+](=O)[O-])cc1)O2. The number of fused-ring (bicyclic) bond motifs is 1. The fourth-order valence-electron chi connectivity index (χ4n) is 2.58. The summed E-state index contributed by atoms with van der Waals surface area (Å²) in [5, 5.41) is 9.91. The van der Waals surface area contributed by atoms with Gasteiger partial charge in [0.25, 0.3) is 5.69 Å². The Morgan fingerprint density at radius 1 is 1.30 bits per heavy atom. The van der Waals surface area contributed by atoms with Gasteiger partial charge in [-0.3, -0.25) is 19.7 Å². The van der Waals surface area contributed by atoms with Crippen LogP contribution in [0.25, 0.3) is 6.08 Å². The number of alkyl halides is 1. The van der Waals surface area contributed by atoms with Gasteiger partial charge in [0, 0.05) is 18.2 Å². The van der Waals surface area contributed by atoms with Gasteiger partial charge >= 0.3 is 5.97 Å². The highest BCUT2D eigenvalue weighted by atomic mass is 35.5. The molecule has 1 aliphatic heterocycles. The molecular weight excluding hydrogens is 374 g/mol. The molecule has 7 nitrogen and oxygen atoms in total. The van der Waals surface area contributed by atoms with Crippen LogP contribution in [0.1, 0.15) is 28.4 Å². The number of nitro groups is 1. The Labute approximate surface area is 159 Å². The number of esters is 1. The van der Waals surface area contributed by atoms with Gasteiger partial charge in [-0.05, 0) is 49.2 Å². The van der Waals surface area contributed by atoms with Crippen molar-refractivity contribution in [2.24, 2.45) is 0 Å². The maximum absolute atomic E-state index is 12.6. The Morgan fingerprint density at radius 3 is 2.56 bits per heavy atom. The molecule has 0 bridgehead atoms. The molecule has 0 aliphatic carbocycles. The van der Waals surface area contributed by atoms with Crippen LogP contribution in [0.5, 0.6) is 11.5 Å². The van der Waals surface area contributed by atoms with Crippen molar-refractivity contribution in [1.82, 2.24) is 0 Å². The van der Waals surface area contributed by atoms with Crippen molar-refractivity contribution in [2.45, 2.75) is 19.2 Å². The summed E-state index contributed by atoms with van der Waals surface area (Å²) in [6.07, 6.45) is 1.50. The van der Waals surface area contributed by atoms with Crippen LogP contribution in [0.2, 0.25) is 0 Å². The third kappa shape index (κ3) is 3.83. The quantitative estimate of drug-likeness (QED) is 0.196. The Balaban J connectivity index is 1.89. The topological polar surface area (TPSA) is 95.7 Å².